The van der Waals surface area contributed by atoms with Crippen LogP contribution in [0.5, 0.6) is 0 Å². The van der Waals surface area contributed by atoms with Gasteiger partial charge in [-0.2, -0.15) is 0 Å². The lowest BCUT2D eigenvalue weighted by Gasteiger charge is -2.35. The second kappa shape index (κ2) is 7.20. The first kappa shape index (κ1) is 14.7. The molecule has 0 saturated carbocycles. The summed E-state index contributed by atoms with van der Waals surface area (Å²) < 4.78 is 0. The van der Waals surface area contributed by atoms with Gasteiger partial charge in [-0.3, -0.25) is 0 Å². The SMILES string of the molecule is CCSc1ccccc1NC1CCN(C(C)C)CC1. The number of anilines is 1. The second-order valence-electron chi connectivity index (χ2n) is 5.48. The Bertz CT molecular complexity index is 384. The lowest BCUT2D eigenvalue weighted by atomic mass is 10.0. The van der Waals surface area contributed by atoms with Gasteiger partial charge >= 0.3 is 0 Å². The maximum atomic E-state index is 3.75. The van der Waals surface area contributed by atoms with Gasteiger partial charge < -0.3 is 10.2 Å². The fraction of sp³-hybridized carbons (Fsp3) is 0.625. The van der Waals surface area contributed by atoms with Crippen molar-refractivity contribution in [2.45, 2.75) is 50.6 Å². The molecule has 0 bridgehead atoms. The van der Waals surface area contributed by atoms with Gasteiger partial charge in [0.05, 0.1) is 0 Å². The molecule has 0 unspecified atom stereocenters. The third-order valence-corrected chi connectivity index (χ3v) is 4.76. The summed E-state index contributed by atoms with van der Waals surface area (Å²) in [6, 6.07) is 10.0. The average molecular weight is 278 g/mol. The summed E-state index contributed by atoms with van der Waals surface area (Å²) in [5, 5.41) is 3.75. The number of hydrogen-bond donors (Lipinski definition) is 1. The quantitative estimate of drug-likeness (QED) is 0.817. The number of para-hydroxylation sites is 1. The molecular formula is C16H26N2S. The highest BCUT2D eigenvalue weighted by Gasteiger charge is 2.21. The van der Waals surface area contributed by atoms with E-state index in [9.17, 15) is 0 Å². The molecular weight excluding hydrogens is 252 g/mol. The van der Waals surface area contributed by atoms with Gasteiger partial charge in [0.2, 0.25) is 0 Å². The van der Waals surface area contributed by atoms with Crippen molar-refractivity contribution >= 4 is 17.4 Å². The predicted octanol–water partition coefficient (Wildman–Crippen LogP) is 4.08. The number of benzene rings is 1. The van der Waals surface area contributed by atoms with Crippen molar-refractivity contribution in [1.82, 2.24) is 4.90 Å². The second-order valence-corrected chi connectivity index (χ2v) is 6.78. The van der Waals surface area contributed by atoms with Crippen molar-refractivity contribution in [2.24, 2.45) is 0 Å². The average Bonchev–Trinajstić information content (AvgIpc) is 2.42. The molecule has 3 heteroatoms. The largest absolute Gasteiger partial charge is 0.381 e. The minimum atomic E-state index is 0.633. The fourth-order valence-corrected chi connectivity index (χ4v) is 3.42. The van der Waals surface area contributed by atoms with Crippen molar-refractivity contribution in [3.05, 3.63) is 24.3 Å². The molecule has 1 heterocycles. The number of nitrogens with zero attached hydrogens (tertiary/aromatic N) is 1. The van der Waals surface area contributed by atoms with Gasteiger partial charge in [-0.15, -0.1) is 11.8 Å². The highest BCUT2D eigenvalue weighted by Crippen LogP contribution is 2.28. The Balaban J connectivity index is 1.92. The van der Waals surface area contributed by atoms with E-state index in [1.54, 1.807) is 0 Å². The molecule has 0 amide bonds. The smallest absolute Gasteiger partial charge is 0.0480 e. The van der Waals surface area contributed by atoms with E-state index in [0.29, 0.717) is 12.1 Å². The summed E-state index contributed by atoms with van der Waals surface area (Å²) in [5.74, 6) is 1.13. The van der Waals surface area contributed by atoms with Gasteiger partial charge in [-0.1, -0.05) is 19.1 Å². The first-order chi connectivity index (χ1) is 9.20. The number of piperidine rings is 1. The third kappa shape index (κ3) is 4.15. The van der Waals surface area contributed by atoms with Crippen molar-refractivity contribution in [1.29, 1.82) is 0 Å². The summed E-state index contributed by atoms with van der Waals surface area (Å²) >= 11 is 1.92. The van der Waals surface area contributed by atoms with Crippen LogP contribution in [-0.2, 0) is 0 Å². The molecule has 0 aliphatic carbocycles. The fourth-order valence-electron chi connectivity index (χ4n) is 2.65. The molecule has 1 aromatic rings. The van der Waals surface area contributed by atoms with E-state index < -0.39 is 0 Å². The molecule has 106 valence electrons. The van der Waals surface area contributed by atoms with E-state index in [1.807, 2.05) is 11.8 Å². The zero-order valence-electron chi connectivity index (χ0n) is 12.4. The van der Waals surface area contributed by atoms with E-state index in [1.165, 1.54) is 36.5 Å². The zero-order valence-corrected chi connectivity index (χ0v) is 13.2. The summed E-state index contributed by atoms with van der Waals surface area (Å²) in [7, 11) is 0. The molecule has 2 rings (SSSR count). The third-order valence-electron chi connectivity index (χ3n) is 3.81. The van der Waals surface area contributed by atoms with Gasteiger partial charge in [0.25, 0.3) is 0 Å². The lowest BCUT2D eigenvalue weighted by Crippen LogP contribution is -2.42. The molecule has 1 N–H and O–H groups in total. The molecule has 19 heavy (non-hydrogen) atoms. The van der Waals surface area contributed by atoms with Gasteiger partial charge in [0.15, 0.2) is 0 Å². The zero-order chi connectivity index (χ0) is 13.7. The van der Waals surface area contributed by atoms with Crippen molar-refractivity contribution in [2.75, 3.05) is 24.2 Å². The first-order valence-corrected chi connectivity index (χ1v) is 8.41. The number of hydrogen-bond acceptors (Lipinski definition) is 3. The van der Waals surface area contributed by atoms with E-state index >= 15 is 0 Å². The molecule has 0 spiro atoms. The lowest BCUT2D eigenvalue weighted by molar-refractivity contribution is 0.177. The van der Waals surface area contributed by atoms with Crippen LogP contribution >= 0.6 is 11.8 Å². The minimum absolute atomic E-state index is 0.633. The van der Waals surface area contributed by atoms with Crippen molar-refractivity contribution in [3.63, 3.8) is 0 Å². The Morgan fingerprint density at radius 3 is 2.58 bits per heavy atom. The molecule has 0 atom stereocenters. The number of thioether (sulfide) groups is 1. The molecule has 2 nitrogen and oxygen atoms in total. The maximum absolute atomic E-state index is 3.75. The maximum Gasteiger partial charge on any atom is 0.0480 e. The Morgan fingerprint density at radius 1 is 1.26 bits per heavy atom. The number of nitrogens with one attached hydrogen (secondary N) is 1. The van der Waals surface area contributed by atoms with Gasteiger partial charge in [-0.05, 0) is 44.6 Å². The van der Waals surface area contributed by atoms with Crippen molar-refractivity contribution in [3.8, 4) is 0 Å². The van der Waals surface area contributed by atoms with Crippen LogP contribution in [0.15, 0.2) is 29.2 Å². The van der Waals surface area contributed by atoms with Crippen LogP contribution in [-0.4, -0.2) is 35.8 Å². The van der Waals surface area contributed by atoms with Crippen molar-refractivity contribution < 1.29 is 0 Å². The van der Waals surface area contributed by atoms with Gasteiger partial charge in [0, 0.05) is 35.8 Å². The molecule has 1 fully saturated rings. The van der Waals surface area contributed by atoms with Gasteiger partial charge in [-0.25, -0.2) is 0 Å². The highest BCUT2D eigenvalue weighted by atomic mass is 32.2. The molecule has 1 saturated heterocycles. The van der Waals surface area contributed by atoms with Gasteiger partial charge in [0.1, 0.15) is 0 Å². The molecule has 1 aliphatic rings. The molecule has 0 radical (unpaired) electrons. The highest BCUT2D eigenvalue weighted by molar-refractivity contribution is 7.99. The predicted molar refractivity (Wildman–Crippen MR) is 86.2 cm³/mol. The van der Waals surface area contributed by atoms with E-state index in [4.69, 9.17) is 0 Å². The number of likely N-dealkylation sites (tertiary alicyclic amines) is 1. The van der Waals surface area contributed by atoms with Crippen LogP contribution in [0.1, 0.15) is 33.6 Å². The monoisotopic (exact) mass is 278 g/mol. The number of rotatable bonds is 5. The summed E-state index contributed by atoms with van der Waals surface area (Å²) in [5.41, 5.74) is 1.32. The Labute approximate surface area is 122 Å². The van der Waals surface area contributed by atoms with E-state index in [0.717, 1.165) is 5.75 Å². The Kier molecular flexibility index (Phi) is 5.59. The van der Waals surface area contributed by atoms with Crippen LogP contribution in [0.3, 0.4) is 0 Å². The first-order valence-electron chi connectivity index (χ1n) is 7.43. The minimum Gasteiger partial charge on any atom is -0.381 e. The summed E-state index contributed by atoms with van der Waals surface area (Å²) in [4.78, 5) is 3.96. The molecule has 1 aromatic carbocycles. The van der Waals surface area contributed by atoms with E-state index in [-0.39, 0.29) is 0 Å². The standard InChI is InChI=1S/C16H26N2S/c1-4-19-16-8-6-5-7-15(16)17-14-9-11-18(12-10-14)13(2)3/h5-8,13-14,17H,4,9-12H2,1-3H3. The normalized spacial score (nSPS) is 17.9. The van der Waals surface area contributed by atoms with Crippen LogP contribution < -0.4 is 5.32 Å². The topological polar surface area (TPSA) is 15.3 Å². The summed E-state index contributed by atoms with van der Waals surface area (Å²) in [6.45, 7) is 9.24. The van der Waals surface area contributed by atoms with E-state index in [2.05, 4.69) is 55.3 Å². The summed E-state index contributed by atoms with van der Waals surface area (Å²) in [6.07, 6.45) is 2.51. The van der Waals surface area contributed by atoms with Crippen LogP contribution in [0, 0.1) is 0 Å². The van der Waals surface area contributed by atoms with Crippen LogP contribution in [0.2, 0.25) is 0 Å². The Morgan fingerprint density at radius 2 is 1.95 bits per heavy atom. The molecule has 1 aliphatic heterocycles. The molecule has 0 aromatic heterocycles. The van der Waals surface area contributed by atoms with Crippen LogP contribution in [0.4, 0.5) is 5.69 Å². The Hall–Kier alpha value is -0.670. The van der Waals surface area contributed by atoms with Crippen LogP contribution in [0.25, 0.3) is 0 Å².